The van der Waals surface area contributed by atoms with Crippen molar-refractivity contribution in [2.75, 3.05) is 43.4 Å². The summed E-state index contributed by atoms with van der Waals surface area (Å²) < 4.78 is 0. The number of nitrogens with one attached hydrogen (secondary N) is 5. The Balaban J connectivity index is 1.22. The number of hydrogen-bond donors (Lipinski definition) is 5. The zero-order chi connectivity index (χ0) is 20.8. The minimum absolute atomic E-state index is 0.138. The fraction of sp³-hybridized carbons (Fsp3) is 0.238. The molecule has 5 N–H and O–H groups in total. The van der Waals surface area contributed by atoms with E-state index >= 15 is 0 Å². The quantitative estimate of drug-likeness (QED) is 0.495. The first-order chi connectivity index (χ1) is 14.7. The van der Waals surface area contributed by atoms with Crippen LogP contribution in [0.1, 0.15) is 11.1 Å². The molecule has 9 nitrogen and oxygen atoms in total. The van der Waals surface area contributed by atoms with E-state index in [4.69, 9.17) is 0 Å². The summed E-state index contributed by atoms with van der Waals surface area (Å²) in [4.78, 5) is 32.9. The number of amides is 3. The van der Waals surface area contributed by atoms with Crippen LogP contribution in [-0.4, -0.2) is 56.3 Å². The first-order valence-electron chi connectivity index (χ1n) is 9.79. The van der Waals surface area contributed by atoms with E-state index in [0.29, 0.717) is 11.4 Å². The molecule has 2 aromatic rings. The van der Waals surface area contributed by atoms with Gasteiger partial charge in [0, 0.05) is 35.6 Å². The van der Waals surface area contributed by atoms with E-state index in [1.807, 2.05) is 24.3 Å². The van der Waals surface area contributed by atoms with Gasteiger partial charge in [0.25, 0.3) is 0 Å². The summed E-state index contributed by atoms with van der Waals surface area (Å²) in [7, 11) is 0. The maximum atomic E-state index is 12.1. The van der Waals surface area contributed by atoms with E-state index in [2.05, 4.69) is 36.6 Å². The molecule has 0 aliphatic carbocycles. The molecular formula is C21H23N7O2. The molecule has 0 saturated carbocycles. The lowest BCUT2D eigenvalue weighted by Crippen LogP contribution is -2.35. The highest BCUT2D eigenvalue weighted by Gasteiger charge is 2.10. The van der Waals surface area contributed by atoms with E-state index in [0.717, 1.165) is 49.0 Å². The summed E-state index contributed by atoms with van der Waals surface area (Å²) in [5, 5.41) is 14.4. The van der Waals surface area contributed by atoms with Gasteiger partial charge in [-0.3, -0.25) is 14.8 Å². The van der Waals surface area contributed by atoms with Crippen molar-refractivity contribution in [2.24, 2.45) is 9.98 Å². The smallest absolute Gasteiger partial charge is 0.319 e. The molecule has 2 aromatic carbocycles. The van der Waals surface area contributed by atoms with E-state index in [1.54, 1.807) is 24.3 Å². The maximum Gasteiger partial charge on any atom is 0.319 e. The number of nitrogens with zero attached hydrogens (tertiary/aromatic N) is 2. The van der Waals surface area contributed by atoms with Crippen molar-refractivity contribution in [3.63, 3.8) is 0 Å². The van der Waals surface area contributed by atoms with Gasteiger partial charge in [-0.05, 0) is 48.5 Å². The average Bonchev–Trinajstić information content (AvgIpc) is 3.48. The minimum Gasteiger partial charge on any atom is -0.368 e. The molecule has 0 unspecified atom stereocenters. The number of urea groups is 1. The minimum atomic E-state index is -0.449. The highest BCUT2D eigenvalue weighted by atomic mass is 16.2. The van der Waals surface area contributed by atoms with Gasteiger partial charge in [-0.25, -0.2) is 4.79 Å². The molecule has 0 spiro atoms. The lowest BCUT2D eigenvalue weighted by molar-refractivity contribution is -0.115. The predicted molar refractivity (Wildman–Crippen MR) is 117 cm³/mol. The zero-order valence-corrected chi connectivity index (χ0v) is 16.4. The SMILES string of the molecule is O=C(CNC(=O)Nc1ccc(C2=NCCN2)cc1)Nc1ccc(C2=NCCN2)cc1. The van der Waals surface area contributed by atoms with Crippen LogP contribution in [0.4, 0.5) is 16.2 Å². The van der Waals surface area contributed by atoms with Crippen molar-refractivity contribution in [1.29, 1.82) is 0 Å². The van der Waals surface area contributed by atoms with Crippen LogP contribution in [0.5, 0.6) is 0 Å². The second-order valence-electron chi connectivity index (χ2n) is 6.82. The molecule has 3 amide bonds. The number of anilines is 2. The fourth-order valence-electron chi connectivity index (χ4n) is 3.15. The average molecular weight is 405 g/mol. The Morgan fingerprint density at radius 2 is 1.27 bits per heavy atom. The van der Waals surface area contributed by atoms with Crippen molar-refractivity contribution in [3.8, 4) is 0 Å². The van der Waals surface area contributed by atoms with Gasteiger partial charge in [-0.1, -0.05) is 0 Å². The third-order valence-corrected chi connectivity index (χ3v) is 4.62. The van der Waals surface area contributed by atoms with Gasteiger partial charge in [0.05, 0.1) is 19.6 Å². The Bertz CT molecular complexity index is 900. The number of rotatable bonds is 6. The Morgan fingerprint density at radius 3 is 1.73 bits per heavy atom. The maximum absolute atomic E-state index is 12.1. The van der Waals surface area contributed by atoms with Crippen molar-refractivity contribution in [1.82, 2.24) is 16.0 Å². The summed E-state index contributed by atoms with van der Waals surface area (Å²) in [5.74, 6) is 1.42. The van der Waals surface area contributed by atoms with Gasteiger partial charge >= 0.3 is 6.03 Å². The second kappa shape index (κ2) is 9.08. The highest BCUT2D eigenvalue weighted by Crippen LogP contribution is 2.12. The molecule has 0 fully saturated rings. The van der Waals surface area contributed by atoms with Crippen LogP contribution in [0.15, 0.2) is 58.5 Å². The Morgan fingerprint density at radius 1 is 0.767 bits per heavy atom. The Kier molecular flexibility index (Phi) is 5.88. The van der Waals surface area contributed by atoms with Crippen molar-refractivity contribution in [2.45, 2.75) is 0 Å². The van der Waals surface area contributed by atoms with Gasteiger partial charge in [0.15, 0.2) is 0 Å². The lowest BCUT2D eigenvalue weighted by Gasteiger charge is -2.10. The molecule has 30 heavy (non-hydrogen) atoms. The molecule has 0 radical (unpaired) electrons. The Labute approximate surface area is 174 Å². The molecule has 0 saturated heterocycles. The summed E-state index contributed by atoms with van der Waals surface area (Å²) in [6, 6.07) is 14.3. The summed E-state index contributed by atoms with van der Waals surface area (Å²) in [6.07, 6.45) is 0. The summed E-state index contributed by atoms with van der Waals surface area (Å²) in [6.45, 7) is 3.10. The normalized spacial score (nSPS) is 14.8. The Hall–Kier alpha value is -3.88. The van der Waals surface area contributed by atoms with Crippen LogP contribution in [0.25, 0.3) is 0 Å². The third-order valence-electron chi connectivity index (χ3n) is 4.62. The number of hydrogen-bond acceptors (Lipinski definition) is 6. The molecule has 0 atom stereocenters. The van der Waals surface area contributed by atoms with E-state index in [1.165, 1.54) is 0 Å². The standard InChI is InChI=1S/C21H23N7O2/c29-18(27-16-5-1-14(2-6-16)19-22-9-10-23-19)13-26-21(30)28-17-7-3-15(4-8-17)20-24-11-12-25-20/h1-8H,9-13H2,(H,22,23)(H,24,25)(H,27,29)(H2,26,28,30). The largest absolute Gasteiger partial charge is 0.368 e. The fourth-order valence-corrected chi connectivity index (χ4v) is 3.15. The zero-order valence-electron chi connectivity index (χ0n) is 16.4. The monoisotopic (exact) mass is 405 g/mol. The van der Waals surface area contributed by atoms with Gasteiger partial charge in [-0.15, -0.1) is 0 Å². The first kappa shape index (κ1) is 19.4. The van der Waals surface area contributed by atoms with Gasteiger partial charge < -0.3 is 26.6 Å². The molecule has 2 aliphatic rings. The number of amidine groups is 2. The van der Waals surface area contributed by atoms with Crippen LogP contribution >= 0.6 is 0 Å². The predicted octanol–water partition coefficient (Wildman–Crippen LogP) is 1.15. The van der Waals surface area contributed by atoms with E-state index < -0.39 is 6.03 Å². The molecule has 9 heteroatoms. The molecule has 154 valence electrons. The number of carbonyl (C=O) groups is 2. The van der Waals surface area contributed by atoms with Crippen LogP contribution in [0.2, 0.25) is 0 Å². The van der Waals surface area contributed by atoms with E-state index in [-0.39, 0.29) is 12.5 Å². The first-order valence-corrected chi connectivity index (χ1v) is 9.79. The van der Waals surface area contributed by atoms with Gasteiger partial charge in [-0.2, -0.15) is 0 Å². The molecule has 2 heterocycles. The van der Waals surface area contributed by atoms with Crippen LogP contribution in [0, 0.1) is 0 Å². The van der Waals surface area contributed by atoms with Crippen molar-refractivity contribution in [3.05, 3.63) is 59.7 Å². The van der Waals surface area contributed by atoms with Gasteiger partial charge in [0.2, 0.25) is 5.91 Å². The van der Waals surface area contributed by atoms with Crippen molar-refractivity contribution >= 4 is 35.0 Å². The number of benzene rings is 2. The van der Waals surface area contributed by atoms with Crippen LogP contribution in [-0.2, 0) is 4.79 Å². The van der Waals surface area contributed by atoms with Crippen LogP contribution < -0.4 is 26.6 Å². The number of carbonyl (C=O) groups excluding carboxylic acids is 2. The summed E-state index contributed by atoms with van der Waals surface area (Å²) >= 11 is 0. The summed E-state index contributed by atoms with van der Waals surface area (Å²) in [5.41, 5.74) is 3.24. The molecule has 0 bridgehead atoms. The highest BCUT2D eigenvalue weighted by molar-refractivity contribution is 6.01. The van der Waals surface area contributed by atoms with E-state index in [9.17, 15) is 9.59 Å². The lowest BCUT2D eigenvalue weighted by atomic mass is 10.2. The molecule has 2 aliphatic heterocycles. The number of aliphatic imine (C=N–C) groups is 2. The second-order valence-corrected chi connectivity index (χ2v) is 6.82. The third kappa shape index (κ3) is 4.93. The molecular weight excluding hydrogens is 382 g/mol. The molecule has 0 aromatic heterocycles. The molecule has 4 rings (SSSR count). The van der Waals surface area contributed by atoms with Gasteiger partial charge in [0.1, 0.15) is 11.7 Å². The van der Waals surface area contributed by atoms with Crippen LogP contribution in [0.3, 0.4) is 0 Å². The topological polar surface area (TPSA) is 119 Å². The van der Waals surface area contributed by atoms with Crippen molar-refractivity contribution < 1.29 is 9.59 Å².